The molecule has 0 atom stereocenters. The number of nitrogens with two attached hydrogens (primary N) is 1. The van der Waals surface area contributed by atoms with Gasteiger partial charge in [0.15, 0.2) is 0 Å². The van der Waals surface area contributed by atoms with Crippen LogP contribution < -0.4 is 16.4 Å². The van der Waals surface area contributed by atoms with Crippen LogP contribution in [0.15, 0.2) is 12.1 Å². The summed E-state index contributed by atoms with van der Waals surface area (Å²) >= 11 is 0. The number of carbonyl (C=O) groups excluding carboxylic acids is 1. The molecule has 4 heteroatoms. The molecule has 4 nitrogen and oxygen atoms in total. The predicted molar refractivity (Wildman–Crippen MR) is 87.5 cm³/mol. The Hall–Kier alpha value is -1.71. The van der Waals surface area contributed by atoms with Crippen molar-refractivity contribution in [2.45, 2.75) is 51.4 Å². The maximum Gasteiger partial charge on any atom is 0.224 e. The molecule has 2 aliphatic rings. The van der Waals surface area contributed by atoms with Gasteiger partial charge in [0.25, 0.3) is 0 Å². The summed E-state index contributed by atoms with van der Waals surface area (Å²) in [6.07, 6.45) is 9.58. The second-order valence-electron chi connectivity index (χ2n) is 6.36. The van der Waals surface area contributed by atoms with Gasteiger partial charge in [-0.25, -0.2) is 0 Å². The zero-order chi connectivity index (χ0) is 14.7. The van der Waals surface area contributed by atoms with Crippen LogP contribution in [0.25, 0.3) is 0 Å². The van der Waals surface area contributed by atoms with E-state index in [9.17, 15) is 4.79 Å². The molecule has 1 aromatic carbocycles. The zero-order valence-electron chi connectivity index (χ0n) is 12.6. The number of amides is 1. The number of anilines is 3. The Morgan fingerprint density at radius 2 is 2.05 bits per heavy atom. The number of hydrogen-bond donors (Lipinski definition) is 3. The first-order chi connectivity index (χ1) is 10.2. The molecule has 21 heavy (non-hydrogen) atoms. The van der Waals surface area contributed by atoms with E-state index in [4.69, 9.17) is 5.73 Å². The van der Waals surface area contributed by atoms with Crippen molar-refractivity contribution < 1.29 is 4.79 Å². The van der Waals surface area contributed by atoms with E-state index >= 15 is 0 Å². The summed E-state index contributed by atoms with van der Waals surface area (Å²) in [6, 6.07) is 3.98. The minimum absolute atomic E-state index is 0.0826. The van der Waals surface area contributed by atoms with Crippen molar-refractivity contribution in [3.8, 4) is 0 Å². The molecule has 114 valence electrons. The van der Waals surface area contributed by atoms with Crippen molar-refractivity contribution >= 4 is 23.0 Å². The topological polar surface area (TPSA) is 67.1 Å². The van der Waals surface area contributed by atoms with Crippen LogP contribution in [-0.4, -0.2) is 12.5 Å². The smallest absolute Gasteiger partial charge is 0.224 e. The lowest BCUT2D eigenvalue weighted by Gasteiger charge is -2.20. The second-order valence-corrected chi connectivity index (χ2v) is 6.36. The molecule has 1 fully saturated rings. The molecule has 1 heterocycles. The largest absolute Gasteiger partial charge is 0.397 e. The Labute approximate surface area is 126 Å². The summed E-state index contributed by atoms with van der Waals surface area (Å²) in [5, 5.41) is 6.35. The molecule has 0 radical (unpaired) electrons. The van der Waals surface area contributed by atoms with Crippen LogP contribution in [0.1, 0.15) is 50.5 Å². The van der Waals surface area contributed by atoms with Gasteiger partial charge in [-0.05, 0) is 42.9 Å². The fourth-order valence-corrected chi connectivity index (χ4v) is 3.51. The van der Waals surface area contributed by atoms with Gasteiger partial charge in [0, 0.05) is 18.7 Å². The Morgan fingerprint density at radius 1 is 1.24 bits per heavy atom. The van der Waals surface area contributed by atoms with Crippen molar-refractivity contribution in [2.75, 3.05) is 22.9 Å². The summed E-state index contributed by atoms with van der Waals surface area (Å²) in [7, 11) is 0. The summed E-state index contributed by atoms with van der Waals surface area (Å²) in [4.78, 5) is 11.4. The number of carbonyl (C=O) groups is 1. The summed E-state index contributed by atoms with van der Waals surface area (Å²) in [5.41, 5.74) is 9.87. The minimum atomic E-state index is 0.0826. The van der Waals surface area contributed by atoms with Crippen molar-refractivity contribution in [3.05, 3.63) is 17.7 Å². The van der Waals surface area contributed by atoms with E-state index in [2.05, 4.69) is 16.7 Å². The van der Waals surface area contributed by atoms with Gasteiger partial charge in [-0.2, -0.15) is 0 Å². The third-order valence-corrected chi connectivity index (χ3v) is 4.75. The third-order valence-electron chi connectivity index (χ3n) is 4.75. The maximum atomic E-state index is 11.4. The molecule has 0 spiro atoms. The number of rotatable bonds is 5. The monoisotopic (exact) mass is 287 g/mol. The molecular weight excluding hydrogens is 262 g/mol. The van der Waals surface area contributed by atoms with Gasteiger partial charge in [-0.1, -0.05) is 25.7 Å². The Balaban J connectivity index is 1.54. The average molecular weight is 287 g/mol. The second kappa shape index (κ2) is 6.37. The fraction of sp³-hybridized carbons (Fsp3) is 0.588. The molecule has 0 bridgehead atoms. The van der Waals surface area contributed by atoms with Gasteiger partial charge in [0.05, 0.1) is 11.4 Å². The Bertz CT molecular complexity index is 521. The lowest BCUT2D eigenvalue weighted by atomic mass is 10.0. The summed E-state index contributed by atoms with van der Waals surface area (Å²) in [5.74, 6) is 1.03. The van der Waals surface area contributed by atoms with Crippen LogP contribution in [0.5, 0.6) is 0 Å². The first kappa shape index (κ1) is 14.2. The van der Waals surface area contributed by atoms with Gasteiger partial charge in [0.1, 0.15) is 0 Å². The van der Waals surface area contributed by atoms with Crippen molar-refractivity contribution in [3.63, 3.8) is 0 Å². The van der Waals surface area contributed by atoms with Crippen LogP contribution in [0.2, 0.25) is 0 Å². The number of benzene rings is 1. The van der Waals surface area contributed by atoms with Gasteiger partial charge in [-0.15, -0.1) is 0 Å². The average Bonchev–Trinajstić information content (AvgIpc) is 2.97. The first-order valence-corrected chi connectivity index (χ1v) is 8.18. The quantitative estimate of drug-likeness (QED) is 0.573. The number of aryl methyl sites for hydroxylation is 1. The van der Waals surface area contributed by atoms with E-state index < -0.39 is 0 Å². The van der Waals surface area contributed by atoms with Gasteiger partial charge < -0.3 is 16.4 Å². The summed E-state index contributed by atoms with van der Waals surface area (Å²) in [6.45, 7) is 0.978. The van der Waals surface area contributed by atoms with Gasteiger partial charge in [-0.3, -0.25) is 4.79 Å². The number of nitrogen functional groups attached to an aromatic ring is 1. The van der Waals surface area contributed by atoms with E-state index in [0.717, 1.165) is 35.9 Å². The standard InChI is InChI=1S/C17H25N3O/c18-14-11-15-13(7-8-17(21)20-15)10-16(14)19-9-3-6-12-4-1-2-5-12/h10-12,19H,1-9,18H2,(H,20,21). The molecular formula is C17H25N3O. The molecule has 1 amide bonds. The predicted octanol–water partition coefficient (Wildman–Crippen LogP) is 3.54. The highest BCUT2D eigenvalue weighted by Crippen LogP contribution is 2.31. The van der Waals surface area contributed by atoms with Crippen molar-refractivity contribution in [2.24, 2.45) is 5.92 Å². The van der Waals surface area contributed by atoms with Gasteiger partial charge >= 0.3 is 0 Å². The SMILES string of the molecule is Nc1cc2c(cc1NCCCC1CCCC1)CCC(=O)N2. The zero-order valence-corrected chi connectivity index (χ0v) is 12.6. The first-order valence-electron chi connectivity index (χ1n) is 8.18. The molecule has 0 saturated heterocycles. The fourth-order valence-electron chi connectivity index (χ4n) is 3.51. The van der Waals surface area contributed by atoms with Crippen LogP contribution in [0.4, 0.5) is 17.1 Å². The molecule has 1 aromatic rings. The highest BCUT2D eigenvalue weighted by atomic mass is 16.1. The number of nitrogens with one attached hydrogen (secondary N) is 2. The minimum Gasteiger partial charge on any atom is -0.397 e. The normalized spacial score (nSPS) is 18.4. The lowest BCUT2D eigenvalue weighted by molar-refractivity contribution is -0.116. The van der Waals surface area contributed by atoms with Crippen LogP contribution in [0.3, 0.4) is 0 Å². The molecule has 0 unspecified atom stereocenters. The molecule has 3 rings (SSSR count). The number of fused-ring (bicyclic) bond motifs is 1. The molecule has 1 saturated carbocycles. The summed E-state index contributed by atoms with van der Waals surface area (Å²) < 4.78 is 0. The molecule has 1 aliphatic heterocycles. The van der Waals surface area contributed by atoms with Crippen LogP contribution in [-0.2, 0) is 11.2 Å². The van der Waals surface area contributed by atoms with E-state index in [1.165, 1.54) is 44.1 Å². The molecule has 0 aromatic heterocycles. The van der Waals surface area contributed by atoms with E-state index in [-0.39, 0.29) is 5.91 Å². The van der Waals surface area contributed by atoms with E-state index in [1.807, 2.05) is 6.07 Å². The highest BCUT2D eigenvalue weighted by molar-refractivity contribution is 5.95. The van der Waals surface area contributed by atoms with Crippen LogP contribution >= 0.6 is 0 Å². The Morgan fingerprint density at radius 3 is 2.86 bits per heavy atom. The van der Waals surface area contributed by atoms with Crippen molar-refractivity contribution in [1.29, 1.82) is 0 Å². The number of hydrogen-bond acceptors (Lipinski definition) is 3. The van der Waals surface area contributed by atoms with Gasteiger partial charge in [0.2, 0.25) is 5.91 Å². The highest BCUT2D eigenvalue weighted by Gasteiger charge is 2.17. The van der Waals surface area contributed by atoms with Crippen molar-refractivity contribution in [1.82, 2.24) is 0 Å². The molecule has 4 N–H and O–H groups in total. The van der Waals surface area contributed by atoms with E-state index in [0.29, 0.717) is 6.42 Å². The molecule has 1 aliphatic carbocycles. The lowest BCUT2D eigenvalue weighted by Crippen LogP contribution is -2.19. The van der Waals surface area contributed by atoms with E-state index in [1.54, 1.807) is 0 Å². The maximum absolute atomic E-state index is 11.4. The third kappa shape index (κ3) is 3.49. The Kier molecular flexibility index (Phi) is 4.32. The van der Waals surface area contributed by atoms with Crippen LogP contribution in [0, 0.1) is 5.92 Å².